The van der Waals surface area contributed by atoms with Crippen LogP contribution in [0.15, 0.2) is 134 Å². The molecule has 5 heteroatoms. The molecular weight excluding hydrogens is 986 g/mol. The minimum atomic E-state index is -4.16. The number of benzene rings is 6. The van der Waals surface area contributed by atoms with E-state index < -0.39 is 91.5 Å². The number of aromatic hydroxyl groups is 1. The summed E-state index contributed by atoms with van der Waals surface area (Å²) in [5, 5.41) is 13.1. The van der Waals surface area contributed by atoms with Gasteiger partial charge in [0.25, 0.3) is 0 Å². The van der Waals surface area contributed by atoms with Gasteiger partial charge in [-0.25, -0.2) is 4.98 Å². The van der Waals surface area contributed by atoms with Gasteiger partial charge in [0.1, 0.15) is 11.6 Å². The number of aromatic nitrogens is 3. The SMILES string of the molecule is [2H]C(C)(C)c1ccc(-n2c(-c3cc(C(C([2H])([2H])[2H])(C([2H])([2H])[2H])C([2H])([2H])[2H])cc(C(C([2H])([2H])[2H])(C([2H])([2H])[2H])C([2H])([2H])[2H])c3O)nc3c(-c4[c-]c(-c5cc(-c6ccc(C(C)(C)C)cc6)ccn5)cc(C(C)(C)C)c4)cccc32)c(-c2ccccc2)c1.[Pt]. The van der Waals surface area contributed by atoms with E-state index in [4.69, 9.17) is 36.0 Å². The summed E-state index contributed by atoms with van der Waals surface area (Å²) < 4.78 is 169. The van der Waals surface area contributed by atoms with Crippen LogP contribution in [0.5, 0.6) is 5.75 Å². The Labute approximate surface area is 435 Å². The van der Waals surface area contributed by atoms with E-state index in [0.29, 0.717) is 45.1 Å². The van der Waals surface area contributed by atoms with Gasteiger partial charge in [-0.2, -0.15) is 0 Å². The Balaban J connectivity index is 0.0000104. The van der Waals surface area contributed by atoms with Gasteiger partial charge in [0.15, 0.2) is 0 Å². The first-order valence-electron chi connectivity index (χ1n) is 31.0. The molecule has 2 heterocycles. The third-order valence-corrected chi connectivity index (χ3v) is 11.9. The van der Waals surface area contributed by atoms with Crippen LogP contribution in [0.2, 0.25) is 0 Å². The molecule has 8 rings (SSSR count). The average molecular weight is 1070 g/mol. The van der Waals surface area contributed by atoms with Crippen molar-refractivity contribution in [2.75, 3.05) is 0 Å². The fourth-order valence-corrected chi connectivity index (χ4v) is 8.15. The van der Waals surface area contributed by atoms with Gasteiger partial charge in [0.2, 0.25) is 0 Å². The van der Waals surface area contributed by atoms with Crippen molar-refractivity contribution in [3.05, 3.63) is 167 Å². The van der Waals surface area contributed by atoms with Gasteiger partial charge in [-0.3, -0.25) is 9.55 Å². The van der Waals surface area contributed by atoms with Crippen molar-refractivity contribution in [2.45, 2.75) is 124 Å². The number of hydrogen-bond donors (Lipinski definition) is 1. The number of rotatable bonds is 7. The minimum absolute atomic E-state index is 0. The summed E-state index contributed by atoms with van der Waals surface area (Å²) >= 11 is 0. The average Bonchev–Trinajstić information content (AvgIpc) is 1.12. The second-order valence-corrected chi connectivity index (χ2v) is 19.2. The van der Waals surface area contributed by atoms with Crippen molar-refractivity contribution in [3.8, 4) is 67.5 Å². The molecule has 0 atom stereocenters. The Morgan fingerprint density at radius 3 is 1.91 bits per heavy atom. The Bertz CT molecular complexity index is 3700. The Morgan fingerprint density at radius 1 is 0.591 bits per heavy atom. The first-order chi connectivity index (χ1) is 38.3. The molecule has 0 fully saturated rings. The largest absolute Gasteiger partial charge is 0.507 e. The molecule has 6 aromatic carbocycles. The van der Waals surface area contributed by atoms with Crippen LogP contribution in [0.25, 0.3) is 72.7 Å². The molecular formula is C61H66N3OPt-. The van der Waals surface area contributed by atoms with Gasteiger partial charge >= 0.3 is 0 Å². The summed E-state index contributed by atoms with van der Waals surface area (Å²) in [5.41, 5.74) is -4.36. The summed E-state index contributed by atoms with van der Waals surface area (Å²) in [7, 11) is 0. The predicted octanol–water partition coefficient (Wildman–Crippen LogP) is 16.6. The van der Waals surface area contributed by atoms with E-state index in [2.05, 4.69) is 51.1 Å². The molecule has 0 aliphatic rings. The molecule has 0 unspecified atom stereocenters. The van der Waals surface area contributed by atoms with Gasteiger partial charge in [-0.1, -0.05) is 193 Å². The zero-order valence-corrected chi connectivity index (χ0v) is 40.6. The van der Waals surface area contributed by atoms with Crippen LogP contribution in [-0.2, 0) is 42.7 Å². The summed E-state index contributed by atoms with van der Waals surface area (Å²) in [6, 6.07) is 39.6. The number of fused-ring (bicyclic) bond motifs is 1. The maximum atomic E-state index is 13.1. The second-order valence-electron chi connectivity index (χ2n) is 19.2. The fraction of sp³-hybridized carbons (Fsp3) is 0.311. The number of nitrogens with zero attached hydrogens (tertiary/aromatic N) is 3. The van der Waals surface area contributed by atoms with Crippen LogP contribution in [-0.4, -0.2) is 19.6 Å². The topological polar surface area (TPSA) is 50.9 Å². The number of pyridine rings is 1. The summed E-state index contributed by atoms with van der Waals surface area (Å²) in [6.07, 6.45) is 1.71. The normalized spacial score (nSPS) is 18.0. The quantitative estimate of drug-likeness (QED) is 0.162. The molecule has 0 amide bonds. The monoisotopic (exact) mass is 1070 g/mol. The van der Waals surface area contributed by atoms with E-state index >= 15 is 0 Å². The first-order valence-corrected chi connectivity index (χ1v) is 21.5. The van der Waals surface area contributed by atoms with Crippen LogP contribution in [0.3, 0.4) is 0 Å². The summed E-state index contributed by atoms with van der Waals surface area (Å²) in [5.74, 6) is -3.04. The standard InChI is InChI=1S/C61H66N3O.Pt/c1-38(2)41-25-28-53(49(34-41)40-19-16-15-17-20-40)64-54-22-18-21-48(55(54)63-57(64)50-36-47(60(9,10)11)37-51(56(50)65)61(12,13)14)43-31-44(33-46(32-43)59(6,7)8)52-35-42(29-30-62-52)39-23-26-45(27-24-39)58(3,4)5;/h15-30,32-38,65H,1-14H3;/q-1;/i9D3,10D3,11D3,12D3,13D3,14D3,38D;. The molecule has 2 aromatic heterocycles. The number of para-hydroxylation sites is 1. The Hall–Kier alpha value is -5.57. The zero-order valence-electron chi connectivity index (χ0n) is 57.3. The smallest absolute Gasteiger partial charge is 0.148 e. The Kier molecular flexibility index (Phi) is 7.94. The molecule has 0 aliphatic heterocycles. The van der Waals surface area contributed by atoms with E-state index in [0.717, 1.165) is 22.3 Å². The van der Waals surface area contributed by atoms with Gasteiger partial charge in [0, 0.05) is 70.1 Å². The van der Waals surface area contributed by atoms with Crippen LogP contribution in [0.4, 0.5) is 0 Å². The van der Waals surface area contributed by atoms with Crippen LogP contribution in [0.1, 0.15) is 156 Å². The van der Waals surface area contributed by atoms with Crippen molar-refractivity contribution in [2.24, 2.45) is 0 Å². The molecule has 1 N–H and O–H groups in total. The van der Waals surface area contributed by atoms with E-state index in [1.165, 1.54) is 4.57 Å². The molecule has 0 aliphatic carbocycles. The molecule has 8 aromatic rings. The maximum absolute atomic E-state index is 13.1. The first kappa shape index (κ1) is 29.2. The maximum Gasteiger partial charge on any atom is 0.148 e. The molecule has 0 spiro atoms. The van der Waals surface area contributed by atoms with Gasteiger partial charge in [-0.15, -0.1) is 29.3 Å². The van der Waals surface area contributed by atoms with Gasteiger partial charge in [0.05, 0.1) is 22.3 Å². The molecule has 0 bridgehead atoms. The number of imidazole rings is 1. The molecule has 0 saturated carbocycles. The Morgan fingerprint density at radius 2 is 1.26 bits per heavy atom. The second kappa shape index (κ2) is 17.9. The van der Waals surface area contributed by atoms with E-state index in [1.807, 2.05) is 45.0 Å². The van der Waals surface area contributed by atoms with Crippen LogP contribution >= 0.6 is 0 Å². The van der Waals surface area contributed by atoms with Gasteiger partial charge < -0.3 is 5.11 Å². The third-order valence-electron chi connectivity index (χ3n) is 11.9. The molecule has 66 heavy (non-hydrogen) atoms. The molecule has 0 radical (unpaired) electrons. The molecule has 0 saturated heterocycles. The number of phenols is 1. The predicted molar refractivity (Wildman–Crippen MR) is 275 cm³/mol. The van der Waals surface area contributed by atoms with Crippen molar-refractivity contribution < 1.29 is 52.2 Å². The van der Waals surface area contributed by atoms with Gasteiger partial charge in [-0.05, 0) is 91.3 Å². The van der Waals surface area contributed by atoms with Crippen molar-refractivity contribution in [1.29, 1.82) is 0 Å². The minimum Gasteiger partial charge on any atom is -0.507 e. The van der Waals surface area contributed by atoms with Crippen molar-refractivity contribution in [1.82, 2.24) is 14.5 Å². The fourth-order valence-electron chi connectivity index (χ4n) is 8.15. The van der Waals surface area contributed by atoms with Crippen LogP contribution < -0.4 is 0 Å². The number of phenolic OH excluding ortho intramolecular Hbond substituents is 1. The van der Waals surface area contributed by atoms with E-state index in [9.17, 15) is 5.11 Å². The van der Waals surface area contributed by atoms with Crippen molar-refractivity contribution >= 4 is 11.0 Å². The molecule has 4 nitrogen and oxygen atoms in total. The van der Waals surface area contributed by atoms with Crippen molar-refractivity contribution in [3.63, 3.8) is 0 Å². The zero-order chi connectivity index (χ0) is 62.7. The third kappa shape index (κ3) is 9.63. The van der Waals surface area contributed by atoms with E-state index in [1.54, 1.807) is 86.8 Å². The number of hydrogen-bond acceptors (Lipinski definition) is 3. The molecule has 342 valence electrons. The van der Waals surface area contributed by atoms with E-state index in [-0.39, 0.29) is 49.3 Å². The van der Waals surface area contributed by atoms with Crippen LogP contribution in [0, 0.1) is 6.07 Å². The summed E-state index contributed by atoms with van der Waals surface area (Å²) in [4.78, 5) is 9.99. The summed E-state index contributed by atoms with van der Waals surface area (Å²) in [6.45, 7) is -8.79.